The lowest BCUT2D eigenvalue weighted by molar-refractivity contribution is -0.144. The van der Waals surface area contributed by atoms with E-state index in [-0.39, 0.29) is 24.0 Å². The molecule has 0 amide bonds. The Hall–Kier alpha value is -1.49. The molecule has 2 N–H and O–H groups in total. The minimum Gasteiger partial charge on any atom is -0.481 e. The van der Waals surface area contributed by atoms with Crippen LogP contribution in [0.15, 0.2) is 30.3 Å². The van der Waals surface area contributed by atoms with Crippen LogP contribution in [0.4, 0.5) is 0 Å². The molecule has 0 radical (unpaired) electrons. The van der Waals surface area contributed by atoms with Crippen molar-refractivity contribution < 1.29 is 19.8 Å². The van der Waals surface area contributed by atoms with E-state index >= 15 is 0 Å². The summed E-state index contributed by atoms with van der Waals surface area (Å²) in [5.41, 5.74) is 0.944. The SMILES string of the molecule is CC(C(CCC(=O)O)C(=O)O)C(S)c1ccccc1. The molecule has 0 aliphatic carbocycles. The number of thiol groups is 1. The zero-order chi connectivity index (χ0) is 14.4. The van der Waals surface area contributed by atoms with Crippen molar-refractivity contribution in [2.45, 2.75) is 25.0 Å². The van der Waals surface area contributed by atoms with Crippen LogP contribution in [-0.4, -0.2) is 22.2 Å². The van der Waals surface area contributed by atoms with Crippen molar-refractivity contribution in [3.8, 4) is 0 Å². The molecule has 0 spiro atoms. The minimum absolute atomic E-state index is 0.121. The summed E-state index contributed by atoms with van der Waals surface area (Å²) in [5, 5.41) is 17.7. The lowest BCUT2D eigenvalue weighted by Crippen LogP contribution is -2.25. The molecule has 0 aromatic heterocycles. The van der Waals surface area contributed by atoms with Gasteiger partial charge in [0.05, 0.1) is 5.92 Å². The predicted molar refractivity (Wildman–Crippen MR) is 75.3 cm³/mol. The first-order valence-electron chi connectivity index (χ1n) is 6.11. The number of hydrogen-bond donors (Lipinski definition) is 3. The molecule has 1 aromatic carbocycles. The van der Waals surface area contributed by atoms with Crippen LogP contribution in [0.5, 0.6) is 0 Å². The van der Waals surface area contributed by atoms with Gasteiger partial charge in [0.25, 0.3) is 0 Å². The Balaban J connectivity index is 2.78. The topological polar surface area (TPSA) is 74.6 Å². The molecule has 5 heteroatoms. The molecule has 0 saturated carbocycles. The largest absolute Gasteiger partial charge is 0.481 e. The molecule has 0 aliphatic rings. The van der Waals surface area contributed by atoms with Crippen LogP contribution in [0.2, 0.25) is 0 Å². The van der Waals surface area contributed by atoms with Crippen LogP contribution in [0.3, 0.4) is 0 Å². The van der Waals surface area contributed by atoms with Crippen molar-refractivity contribution in [1.29, 1.82) is 0 Å². The first-order chi connectivity index (χ1) is 8.93. The number of hydrogen-bond acceptors (Lipinski definition) is 3. The van der Waals surface area contributed by atoms with Crippen LogP contribution in [0.1, 0.15) is 30.6 Å². The first kappa shape index (κ1) is 15.6. The van der Waals surface area contributed by atoms with E-state index in [1.54, 1.807) is 6.92 Å². The third-order valence-corrected chi connectivity index (χ3v) is 4.03. The summed E-state index contributed by atoms with van der Waals surface area (Å²) in [4.78, 5) is 21.8. The highest BCUT2D eigenvalue weighted by atomic mass is 32.1. The van der Waals surface area contributed by atoms with Gasteiger partial charge in [0.15, 0.2) is 0 Å². The zero-order valence-electron chi connectivity index (χ0n) is 10.7. The van der Waals surface area contributed by atoms with Crippen LogP contribution < -0.4 is 0 Å². The van der Waals surface area contributed by atoms with E-state index in [9.17, 15) is 14.7 Å². The van der Waals surface area contributed by atoms with Gasteiger partial charge in [-0.3, -0.25) is 9.59 Å². The third kappa shape index (κ3) is 4.59. The minimum atomic E-state index is -0.978. The molecular weight excluding hydrogens is 264 g/mol. The Labute approximate surface area is 117 Å². The zero-order valence-corrected chi connectivity index (χ0v) is 11.6. The molecule has 1 aromatic rings. The van der Waals surface area contributed by atoms with Crippen molar-refractivity contribution in [3.63, 3.8) is 0 Å². The van der Waals surface area contributed by atoms with Crippen LogP contribution >= 0.6 is 12.6 Å². The average molecular weight is 282 g/mol. The van der Waals surface area contributed by atoms with Gasteiger partial charge in [0, 0.05) is 11.7 Å². The number of rotatable bonds is 7. The fourth-order valence-corrected chi connectivity index (χ4v) is 2.44. The molecule has 0 fully saturated rings. The summed E-state index contributed by atoms with van der Waals surface area (Å²) in [6.45, 7) is 1.80. The van der Waals surface area contributed by atoms with Gasteiger partial charge in [0.1, 0.15) is 0 Å². The van der Waals surface area contributed by atoms with Crippen LogP contribution in [0.25, 0.3) is 0 Å². The Bertz CT molecular complexity index is 432. The lowest BCUT2D eigenvalue weighted by atomic mass is 9.85. The molecule has 1 rings (SSSR count). The molecule has 0 bridgehead atoms. The number of aliphatic carboxylic acids is 2. The van der Waals surface area contributed by atoms with Crippen LogP contribution in [0, 0.1) is 11.8 Å². The summed E-state index contributed by atoms with van der Waals surface area (Å²) < 4.78 is 0. The van der Waals surface area contributed by atoms with Crippen molar-refractivity contribution in [2.24, 2.45) is 11.8 Å². The third-order valence-electron chi connectivity index (χ3n) is 3.26. The number of carboxylic acids is 2. The summed E-state index contributed by atoms with van der Waals surface area (Å²) in [6.07, 6.45) is -0.0215. The van der Waals surface area contributed by atoms with Gasteiger partial charge in [-0.25, -0.2) is 0 Å². The number of benzene rings is 1. The van der Waals surface area contributed by atoms with Gasteiger partial charge in [0.2, 0.25) is 0 Å². The standard InChI is InChI=1S/C14H18O4S/c1-9(11(14(17)18)7-8-12(15)16)13(19)10-5-3-2-4-6-10/h2-6,9,11,13,19H,7-8H2,1H3,(H,15,16)(H,17,18). The number of carbonyl (C=O) groups is 2. The second kappa shape index (κ2) is 7.19. The van der Waals surface area contributed by atoms with Crippen molar-refractivity contribution >= 4 is 24.6 Å². The highest BCUT2D eigenvalue weighted by Crippen LogP contribution is 2.35. The van der Waals surface area contributed by atoms with Gasteiger partial charge in [-0.1, -0.05) is 37.3 Å². The fraction of sp³-hybridized carbons (Fsp3) is 0.429. The molecule has 0 aliphatic heterocycles. The summed E-state index contributed by atoms with van der Waals surface area (Å²) in [6, 6.07) is 9.42. The van der Waals surface area contributed by atoms with E-state index in [1.165, 1.54) is 0 Å². The second-order valence-corrected chi connectivity index (χ2v) is 5.15. The maximum atomic E-state index is 11.3. The maximum absolute atomic E-state index is 11.3. The van der Waals surface area contributed by atoms with Gasteiger partial charge in [-0.15, -0.1) is 0 Å². The molecule has 0 saturated heterocycles. The van der Waals surface area contributed by atoms with E-state index in [4.69, 9.17) is 5.11 Å². The Morgan fingerprint density at radius 3 is 2.26 bits per heavy atom. The maximum Gasteiger partial charge on any atom is 0.306 e. The molecule has 3 unspecified atom stereocenters. The highest BCUT2D eigenvalue weighted by Gasteiger charge is 2.30. The molecule has 19 heavy (non-hydrogen) atoms. The Morgan fingerprint density at radius 2 is 1.79 bits per heavy atom. The fourth-order valence-electron chi connectivity index (χ4n) is 2.06. The van der Waals surface area contributed by atoms with Crippen molar-refractivity contribution in [3.05, 3.63) is 35.9 Å². The highest BCUT2D eigenvalue weighted by molar-refractivity contribution is 7.80. The normalized spacial score (nSPS) is 15.5. The molecule has 3 atom stereocenters. The molecular formula is C14H18O4S. The first-order valence-corrected chi connectivity index (χ1v) is 6.62. The van der Waals surface area contributed by atoms with E-state index in [0.29, 0.717) is 0 Å². The van der Waals surface area contributed by atoms with Crippen molar-refractivity contribution in [1.82, 2.24) is 0 Å². The smallest absolute Gasteiger partial charge is 0.306 e. The lowest BCUT2D eigenvalue weighted by Gasteiger charge is -2.25. The number of carboxylic acid groups (broad SMARTS) is 2. The van der Waals surface area contributed by atoms with Gasteiger partial charge in [-0.2, -0.15) is 12.6 Å². The van der Waals surface area contributed by atoms with Gasteiger partial charge >= 0.3 is 11.9 Å². The summed E-state index contributed by atoms with van der Waals surface area (Å²) in [7, 11) is 0. The van der Waals surface area contributed by atoms with Crippen LogP contribution in [-0.2, 0) is 9.59 Å². The molecule has 104 valence electrons. The summed E-state index contributed by atoms with van der Waals surface area (Å²) in [5.74, 6) is -2.90. The average Bonchev–Trinajstić information content (AvgIpc) is 2.38. The van der Waals surface area contributed by atoms with Gasteiger partial charge in [-0.05, 0) is 17.9 Å². The molecule has 4 nitrogen and oxygen atoms in total. The van der Waals surface area contributed by atoms with E-state index in [0.717, 1.165) is 5.56 Å². The van der Waals surface area contributed by atoms with Gasteiger partial charge < -0.3 is 10.2 Å². The Kier molecular flexibility index (Phi) is 5.89. The quantitative estimate of drug-likeness (QED) is 0.672. The van der Waals surface area contributed by atoms with Crippen molar-refractivity contribution in [2.75, 3.05) is 0 Å². The van der Waals surface area contributed by atoms with E-state index < -0.39 is 17.9 Å². The summed E-state index contributed by atoms with van der Waals surface area (Å²) >= 11 is 4.48. The van der Waals surface area contributed by atoms with E-state index in [1.807, 2.05) is 30.3 Å². The predicted octanol–water partition coefficient (Wildman–Crippen LogP) is 2.86. The monoisotopic (exact) mass is 282 g/mol. The Morgan fingerprint density at radius 1 is 1.21 bits per heavy atom. The molecule has 0 heterocycles. The second-order valence-electron chi connectivity index (χ2n) is 4.59. The van der Waals surface area contributed by atoms with E-state index in [2.05, 4.69) is 12.6 Å².